The molecular weight excluding hydrogens is 276 g/mol. The monoisotopic (exact) mass is 306 g/mol. The molecule has 1 aromatic carbocycles. The normalized spacial score (nSPS) is 11.5. The average Bonchev–Trinajstić information content (AvgIpc) is 2.42. The number of benzene rings is 1. The van der Waals surface area contributed by atoms with E-state index < -0.39 is 5.60 Å². The van der Waals surface area contributed by atoms with Crippen molar-refractivity contribution < 1.29 is 9.53 Å². The molecule has 0 aliphatic rings. The Morgan fingerprint density at radius 1 is 1.14 bits per heavy atom. The molecule has 0 aromatic heterocycles. The smallest absolute Gasteiger partial charge is 0.422 e. The second-order valence-corrected chi connectivity index (χ2v) is 6.58. The molecule has 0 spiro atoms. The molecule has 0 aliphatic heterocycles. The van der Waals surface area contributed by atoms with Gasteiger partial charge < -0.3 is 4.74 Å². The van der Waals surface area contributed by atoms with Gasteiger partial charge in [0.05, 0.1) is 0 Å². The van der Waals surface area contributed by atoms with Crippen LogP contribution in [0.4, 0.5) is 4.79 Å². The Morgan fingerprint density at radius 2 is 1.82 bits per heavy atom. The Morgan fingerprint density at radius 3 is 2.41 bits per heavy atom. The van der Waals surface area contributed by atoms with Crippen LogP contribution in [0.25, 0.3) is 0 Å². The van der Waals surface area contributed by atoms with E-state index in [1.165, 1.54) is 24.8 Å². The van der Waals surface area contributed by atoms with Gasteiger partial charge in [-0.05, 0) is 32.8 Å². The Balaban J connectivity index is 2.55. The lowest BCUT2D eigenvalue weighted by Gasteiger charge is -2.26. The Labute approximate surface area is 134 Å². The molecule has 1 N–H and O–H groups in total. The number of nitrogens with zero attached hydrogens (tertiary/aromatic N) is 1. The predicted octanol–water partition coefficient (Wildman–Crippen LogP) is 4.51. The molecule has 0 unspecified atom stereocenters. The average molecular weight is 306 g/mol. The van der Waals surface area contributed by atoms with Crippen molar-refractivity contribution in [2.75, 3.05) is 6.54 Å². The Kier molecular flexibility index (Phi) is 7.96. The first-order valence-corrected chi connectivity index (χ1v) is 8.19. The van der Waals surface area contributed by atoms with E-state index >= 15 is 0 Å². The standard InChI is InChI=1S/C18H30N2O2/c1-5-6-7-11-14-20(15-16-12-9-8-10-13-16)19-17(21)22-18(2,3)4/h8-10,12-13H,5-7,11,14-15H2,1-4H3,(H,19,21). The highest BCUT2D eigenvalue weighted by atomic mass is 16.6. The molecule has 22 heavy (non-hydrogen) atoms. The SMILES string of the molecule is CCCCCCN(Cc1ccccc1)NC(=O)OC(C)(C)C. The van der Waals surface area contributed by atoms with E-state index in [1.54, 1.807) is 0 Å². The van der Waals surface area contributed by atoms with Crippen LogP contribution in [0.15, 0.2) is 30.3 Å². The van der Waals surface area contributed by atoms with Gasteiger partial charge in [-0.3, -0.25) is 5.43 Å². The number of nitrogens with one attached hydrogen (secondary N) is 1. The lowest BCUT2D eigenvalue weighted by atomic mass is 10.2. The third-order valence-electron chi connectivity index (χ3n) is 3.15. The van der Waals surface area contributed by atoms with Crippen molar-refractivity contribution in [2.24, 2.45) is 0 Å². The van der Waals surface area contributed by atoms with E-state index in [9.17, 15) is 4.79 Å². The number of carbonyl (C=O) groups excluding carboxylic acids is 1. The molecule has 0 saturated carbocycles. The maximum Gasteiger partial charge on any atom is 0.422 e. The molecule has 0 fully saturated rings. The number of amides is 1. The van der Waals surface area contributed by atoms with Crippen LogP contribution in [0.1, 0.15) is 58.9 Å². The van der Waals surface area contributed by atoms with E-state index in [2.05, 4.69) is 24.5 Å². The summed E-state index contributed by atoms with van der Waals surface area (Å²) in [7, 11) is 0. The number of rotatable bonds is 8. The van der Waals surface area contributed by atoms with Gasteiger partial charge in [-0.2, -0.15) is 0 Å². The van der Waals surface area contributed by atoms with Crippen molar-refractivity contribution in [3.8, 4) is 0 Å². The summed E-state index contributed by atoms with van der Waals surface area (Å²) < 4.78 is 5.34. The van der Waals surface area contributed by atoms with E-state index in [0.717, 1.165) is 13.0 Å². The van der Waals surface area contributed by atoms with Crippen LogP contribution in [0.2, 0.25) is 0 Å². The minimum atomic E-state index is -0.481. The van der Waals surface area contributed by atoms with Gasteiger partial charge in [-0.1, -0.05) is 56.5 Å². The highest BCUT2D eigenvalue weighted by Crippen LogP contribution is 2.09. The molecule has 1 amide bonds. The highest BCUT2D eigenvalue weighted by Gasteiger charge is 2.18. The highest BCUT2D eigenvalue weighted by molar-refractivity contribution is 5.67. The van der Waals surface area contributed by atoms with Crippen molar-refractivity contribution >= 4 is 6.09 Å². The Bertz CT molecular complexity index is 426. The maximum atomic E-state index is 12.0. The number of hydrazine groups is 1. The van der Waals surface area contributed by atoms with Gasteiger partial charge in [0.1, 0.15) is 5.60 Å². The fraction of sp³-hybridized carbons (Fsp3) is 0.611. The molecule has 1 rings (SSSR count). The van der Waals surface area contributed by atoms with Crippen molar-refractivity contribution in [3.63, 3.8) is 0 Å². The summed E-state index contributed by atoms with van der Waals surface area (Å²) in [5.74, 6) is 0. The van der Waals surface area contributed by atoms with Gasteiger partial charge in [-0.25, -0.2) is 9.80 Å². The number of ether oxygens (including phenoxy) is 1. The van der Waals surface area contributed by atoms with Gasteiger partial charge in [0.15, 0.2) is 0 Å². The van der Waals surface area contributed by atoms with Crippen LogP contribution in [-0.4, -0.2) is 23.2 Å². The minimum absolute atomic E-state index is 0.390. The zero-order valence-corrected chi connectivity index (χ0v) is 14.4. The summed E-state index contributed by atoms with van der Waals surface area (Å²) >= 11 is 0. The molecule has 0 radical (unpaired) electrons. The van der Waals surface area contributed by atoms with E-state index in [0.29, 0.717) is 6.54 Å². The summed E-state index contributed by atoms with van der Waals surface area (Å²) in [5.41, 5.74) is 3.56. The summed E-state index contributed by atoms with van der Waals surface area (Å²) in [4.78, 5) is 12.0. The molecular formula is C18H30N2O2. The minimum Gasteiger partial charge on any atom is -0.443 e. The summed E-state index contributed by atoms with van der Waals surface area (Å²) in [6, 6.07) is 10.2. The van der Waals surface area contributed by atoms with Crippen LogP contribution in [0.5, 0.6) is 0 Å². The first-order chi connectivity index (χ1) is 10.4. The molecule has 1 aromatic rings. The van der Waals surface area contributed by atoms with Gasteiger partial charge in [0.2, 0.25) is 0 Å². The van der Waals surface area contributed by atoms with Crippen molar-refractivity contribution in [1.29, 1.82) is 0 Å². The summed E-state index contributed by atoms with van der Waals surface area (Å²) in [6.07, 6.45) is 4.29. The topological polar surface area (TPSA) is 41.6 Å². The van der Waals surface area contributed by atoms with E-state index in [1.807, 2.05) is 44.0 Å². The van der Waals surface area contributed by atoms with Gasteiger partial charge >= 0.3 is 6.09 Å². The van der Waals surface area contributed by atoms with Gasteiger partial charge in [0, 0.05) is 13.1 Å². The molecule has 0 atom stereocenters. The fourth-order valence-corrected chi connectivity index (χ4v) is 2.14. The quantitative estimate of drug-likeness (QED) is 0.567. The summed E-state index contributed by atoms with van der Waals surface area (Å²) in [6.45, 7) is 9.32. The fourth-order valence-electron chi connectivity index (χ4n) is 2.14. The van der Waals surface area contributed by atoms with E-state index in [4.69, 9.17) is 4.74 Å². The van der Waals surface area contributed by atoms with Crippen molar-refractivity contribution in [2.45, 2.75) is 65.5 Å². The molecule has 0 saturated heterocycles. The first kappa shape index (κ1) is 18.5. The van der Waals surface area contributed by atoms with Crippen molar-refractivity contribution in [3.05, 3.63) is 35.9 Å². The molecule has 0 heterocycles. The van der Waals surface area contributed by atoms with Gasteiger partial charge in [-0.15, -0.1) is 0 Å². The number of carbonyl (C=O) groups is 1. The predicted molar refractivity (Wildman–Crippen MR) is 90.4 cm³/mol. The molecule has 0 aliphatic carbocycles. The number of hydrogen-bond donors (Lipinski definition) is 1. The summed E-state index contributed by atoms with van der Waals surface area (Å²) in [5, 5.41) is 1.94. The zero-order chi connectivity index (χ0) is 16.4. The lowest BCUT2D eigenvalue weighted by molar-refractivity contribution is 0.0312. The molecule has 0 bridgehead atoms. The third kappa shape index (κ3) is 8.67. The van der Waals surface area contributed by atoms with Crippen molar-refractivity contribution in [1.82, 2.24) is 10.4 Å². The second kappa shape index (κ2) is 9.46. The maximum absolute atomic E-state index is 12.0. The Hall–Kier alpha value is -1.55. The lowest BCUT2D eigenvalue weighted by Crippen LogP contribution is -2.44. The van der Waals surface area contributed by atoms with Crippen LogP contribution >= 0.6 is 0 Å². The number of unbranched alkanes of at least 4 members (excludes halogenated alkanes) is 3. The first-order valence-electron chi connectivity index (χ1n) is 8.19. The largest absolute Gasteiger partial charge is 0.443 e. The molecule has 4 nitrogen and oxygen atoms in total. The third-order valence-corrected chi connectivity index (χ3v) is 3.15. The van der Waals surface area contributed by atoms with E-state index in [-0.39, 0.29) is 6.09 Å². The molecule has 4 heteroatoms. The van der Waals surface area contributed by atoms with Crippen LogP contribution in [0, 0.1) is 0 Å². The van der Waals surface area contributed by atoms with Gasteiger partial charge in [0.25, 0.3) is 0 Å². The molecule has 124 valence electrons. The van der Waals surface area contributed by atoms with Crippen LogP contribution in [0.3, 0.4) is 0 Å². The number of hydrogen-bond acceptors (Lipinski definition) is 3. The second-order valence-electron chi connectivity index (χ2n) is 6.58. The zero-order valence-electron chi connectivity index (χ0n) is 14.4. The van der Waals surface area contributed by atoms with Crippen LogP contribution in [-0.2, 0) is 11.3 Å². The van der Waals surface area contributed by atoms with Crippen LogP contribution < -0.4 is 5.43 Å².